The van der Waals surface area contributed by atoms with Crippen LogP contribution in [0.3, 0.4) is 0 Å². The van der Waals surface area contributed by atoms with Crippen LogP contribution in [0.2, 0.25) is 0 Å². The third-order valence-electron chi connectivity index (χ3n) is 6.94. The monoisotopic (exact) mass is 437 g/mol. The second-order valence-electron chi connectivity index (χ2n) is 9.09. The number of carbonyl (C=O) groups is 2. The van der Waals surface area contributed by atoms with Gasteiger partial charge in [-0.2, -0.15) is 0 Å². The highest BCUT2D eigenvalue weighted by molar-refractivity contribution is 5.88. The Morgan fingerprint density at radius 2 is 1.50 bits per heavy atom. The summed E-state index contributed by atoms with van der Waals surface area (Å²) in [6.45, 7) is 7.14. The topological polar surface area (TPSA) is 53.1 Å². The lowest BCUT2D eigenvalue weighted by molar-refractivity contribution is -0.135. The van der Waals surface area contributed by atoms with Crippen LogP contribution in [0.5, 0.6) is 5.75 Å². The van der Waals surface area contributed by atoms with Crippen LogP contribution in [0.15, 0.2) is 36.4 Å². The van der Waals surface area contributed by atoms with Gasteiger partial charge >= 0.3 is 0 Å². The molecule has 0 aromatic heterocycles. The second kappa shape index (κ2) is 10.3. The van der Waals surface area contributed by atoms with Crippen LogP contribution in [0, 0.1) is 0 Å². The third-order valence-corrected chi connectivity index (χ3v) is 6.94. The van der Waals surface area contributed by atoms with Gasteiger partial charge in [0.15, 0.2) is 0 Å². The zero-order chi connectivity index (χ0) is 22.5. The van der Waals surface area contributed by atoms with E-state index in [9.17, 15) is 9.59 Å². The highest BCUT2D eigenvalue weighted by atomic mass is 16.5. The molecule has 1 atom stereocenters. The van der Waals surface area contributed by atoms with E-state index in [4.69, 9.17) is 4.74 Å². The van der Waals surface area contributed by atoms with E-state index in [1.54, 1.807) is 7.11 Å². The Morgan fingerprint density at radius 3 is 2.19 bits per heavy atom. The number of likely N-dealkylation sites (tertiary alicyclic amines) is 1. The van der Waals surface area contributed by atoms with Crippen molar-refractivity contribution in [1.82, 2.24) is 14.7 Å². The number of carbonyl (C=O) groups excluding carboxylic acids is 2. The number of hydrogen-bond acceptors (Lipinski definition) is 4. The first-order valence-electron chi connectivity index (χ1n) is 11.9. The van der Waals surface area contributed by atoms with E-state index in [-0.39, 0.29) is 17.7 Å². The fourth-order valence-corrected chi connectivity index (χ4v) is 4.79. The molecule has 0 unspecified atom stereocenters. The Kier molecular flexibility index (Phi) is 7.30. The number of methoxy groups -OCH3 is 1. The molecular formula is C26H35N3O3. The smallest absolute Gasteiger partial charge is 0.236 e. The molecule has 6 nitrogen and oxygen atoms in total. The van der Waals surface area contributed by atoms with Crippen molar-refractivity contribution in [2.45, 2.75) is 38.5 Å². The molecule has 2 aromatic carbocycles. The molecule has 2 heterocycles. The molecule has 32 heavy (non-hydrogen) atoms. The first kappa shape index (κ1) is 22.6. The summed E-state index contributed by atoms with van der Waals surface area (Å²) in [4.78, 5) is 32.0. The van der Waals surface area contributed by atoms with Crippen molar-refractivity contribution >= 4 is 22.6 Å². The molecule has 172 valence electrons. The predicted octanol–water partition coefficient (Wildman–Crippen LogP) is 3.50. The van der Waals surface area contributed by atoms with E-state index in [1.165, 1.54) is 12.8 Å². The fraction of sp³-hybridized carbons (Fsp3) is 0.538. The number of rotatable bonds is 5. The van der Waals surface area contributed by atoms with Gasteiger partial charge in [-0.05, 0) is 48.2 Å². The van der Waals surface area contributed by atoms with Crippen molar-refractivity contribution in [2.24, 2.45) is 0 Å². The Morgan fingerprint density at radius 1 is 0.844 bits per heavy atom. The minimum absolute atomic E-state index is 0.163. The Labute approximate surface area is 191 Å². The van der Waals surface area contributed by atoms with E-state index >= 15 is 0 Å². The molecule has 4 rings (SSSR count). The van der Waals surface area contributed by atoms with Crippen molar-refractivity contribution in [3.8, 4) is 5.75 Å². The summed E-state index contributed by atoms with van der Waals surface area (Å²) in [6, 6.07) is 12.2. The van der Waals surface area contributed by atoms with Gasteiger partial charge in [0.05, 0.1) is 19.6 Å². The van der Waals surface area contributed by atoms with E-state index < -0.39 is 0 Å². The van der Waals surface area contributed by atoms with Crippen LogP contribution in [0.25, 0.3) is 10.8 Å². The van der Waals surface area contributed by atoms with Crippen molar-refractivity contribution in [3.63, 3.8) is 0 Å². The lowest BCUT2D eigenvalue weighted by atomic mass is 9.96. The SMILES string of the molecule is COc1ccc2cc([C@@H](C)C(=O)N3CCN(CC(=O)N4CCCCCC4)CC3)ccc2c1. The summed E-state index contributed by atoms with van der Waals surface area (Å²) >= 11 is 0. The number of benzene rings is 2. The molecule has 2 aliphatic heterocycles. The summed E-state index contributed by atoms with van der Waals surface area (Å²) in [5.41, 5.74) is 1.03. The Hall–Kier alpha value is -2.60. The minimum Gasteiger partial charge on any atom is -0.497 e. The van der Waals surface area contributed by atoms with Gasteiger partial charge in [-0.15, -0.1) is 0 Å². The molecule has 0 radical (unpaired) electrons. The number of piperazine rings is 1. The van der Waals surface area contributed by atoms with Crippen molar-refractivity contribution < 1.29 is 14.3 Å². The molecule has 6 heteroatoms. The van der Waals surface area contributed by atoms with E-state index in [2.05, 4.69) is 17.0 Å². The molecule has 0 aliphatic carbocycles. The maximum absolute atomic E-state index is 13.2. The molecule has 0 saturated carbocycles. The minimum atomic E-state index is -0.188. The van der Waals surface area contributed by atoms with Gasteiger partial charge in [-0.25, -0.2) is 0 Å². The molecule has 2 saturated heterocycles. The summed E-state index contributed by atoms with van der Waals surface area (Å²) < 4.78 is 5.30. The predicted molar refractivity (Wildman–Crippen MR) is 127 cm³/mol. The van der Waals surface area contributed by atoms with Crippen LogP contribution in [0.4, 0.5) is 0 Å². The largest absolute Gasteiger partial charge is 0.497 e. The zero-order valence-electron chi connectivity index (χ0n) is 19.4. The summed E-state index contributed by atoms with van der Waals surface area (Å²) in [7, 11) is 1.67. The molecule has 0 bridgehead atoms. The number of nitrogens with zero attached hydrogens (tertiary/aromatic N) is 3. The van der Waals surface area contributed by atoms with Crippen LogP contribution < -0.4 is 4.74 Å². The van der Waals surface area contributed by atoms with Crippen molar-refractivity contribution in [2.75, 3.05) is 52.9 Å². The quantitative estimate of drug-likeness (QED) is 0.719. The van der Waals surface area contributed by atoms with Crippen LogP contribution in [0.1, 0.15) is 44.1 Å². The molecule has 2 aromatic rings. The van der Waals surface area contributed by atoms with Gasteiger partial charge in [-0.3, -0.25) is 14.5 Å². The average Bonchev–Trinajstić information content (AvgIpc) is 3.13. The van der Waals surface area contributed by atoms with Gasteiger partial charge in [0, 0.05) is 39.3 Å². The zero-order valence-corrected chi connectivity index (χ0v) is 19.4. The Bertz CT molecular complexity index is 944. The normalized spacial score (nSPS) is 18.9. The van der Waals surface area contributed by atoms with Crippen LogP contribution >= 0.6 is 0 Å². The van der Waals surface area contributed by atoms with Crippen molar-refractivity contribution in [1.29, 1.82) is 0 Å². The lowest BCUT2D eigenvalue weighted by Crippen LogP contribution is -2.52. The van der Waals surface area contributed by atoms with E-state index in [0.29, 0.717) is 19.6 Å². The van der Waals surface area contributed by atoms with Gasteiger partial charge in [0.2, 0.25) is 11.8 Å². The number of fused-ring (bicyclic) bond motifs is 1. The van der Waals surface area contributed by atoms with Crippen LogP contribution in [-0.4, -0.2) is 79.4 Å². The molecule has 0 spiro atoms. The standard InChI is InChI=1S/C26H35N3O3/c1-20(21-7-8-23-18-24(32-2)10-9-22(23)17-21)26(31)29-15-13-27(14-16-29)19-25(30)28-11-5-3-4-6-12-28/h7-10,17-18,20H,3-6,11-16,19H2,1-2H3/t20-/m1/s1. The fourth-order valence-electron chi connectivity index (χ4n) is 4.79. The van der Waals surface area contributed by atoms with Crippen LogP contribution in [-0.2, 0) is 9.59 Å². The first-order valence-corrected chi connectivity index (χ1v) is 11.9. The molecular weight excluding hydrogens is 402 g/mol. The molecule has 2 aliphatic rings. The van der Waals surface area contributed by atoms with Gasteiger partial charge < -0.3 is 14.5 Å². The average molecular weight is 438 g/mol. The lowest BCUT2D eigenvalue weighted by Gasteiger charge is -2.36. The van der Waals surface area contributed by atoms with Gasteiger partial charge in [-0.1, -0.05) is 37.1 Å². The summed E-state index contributed by atoms with van der Waals surface area (Å²) in [6.07, 6.45) is 4.70. The van der Waals surface area contributed by atoms with E-state index in [1.807, 2.05) is 41.0 Å². The highest BCUT2D eigenvalue weighted by Gasteiger charge is 2.27. The molecule has 2 amide bonds. The molecule has 2 fully saturated rings. The maximum Gasteiger partial charge on any atom is 0.236 e. The third kappa shape index (κ3) is 5.23. The summed E-state index contributed by atoms with van der Waals surface area (Å²) in [5, 5.41) is 2.22. The first-order chi connectivity index (χ1) is 15.5. The second-order valence-corrected chi connectivity index (χ2v) is 9.09. The summed E-state index contributed by atoms with van der Waals surface area (Å²) in [5.74, 6) is 1.05. The number of hydrogen-bond donors (Lipinski definition) is 0. The van der Waals surface area contributed by atoms with E-state index in [0.717, 1.165) is 61.1 Å². The maximum atomic E-state index is 13.2. The van der Waals surface area contributed by atoms with Gasteiger partial charge in [0.25, 0.3) is 0 Å². The van der Waals surface area contributed by atoms with Gasteiger partial charge in [0.1, 0.15) is 5.75 Å². The van der Waals surface area contributed by atoms with Crippen molar-refractivity contribution in [3.05, 3.63) is 42.0 Å². The Balaban J connectivity index is 1.31. The number of ether oxygens (including phenoxy) is 1. The number of amides is 2. The molecule has 0 N–H and O–H groups in total. The highest BCUT2D eigenvalue weighted by Crippen LogP contribution is 2.26.